The van der Waals surface area contributed by atoms with E-state index in [1.807, 2.05) is 5.32 Å². The summed E-state index contributed by atoms with van der Waals surface area (Å²) in [5, 5.41) is 29.2. The number of aliphatic hydroxyl groups is 3. The zero-order valence-electron chi connectivity index (χ0n) is 8.43. The standard InChI is InChI=1S/C8H13F2NO5/c1-3(13)11-4-5(14)6(15)8(10,2-12)16-7(4)9/h4-7,12,14-15H,2H2,1H3,(H,11,13)/t4-,5-,6+,7-,8+/m1/s1. The van der Waals surface area contributed by atoms with Crippen LogP contribution in [0.25, 0.3) is 0 Å². The Morgan fingerprint density at radius 1 is 1.56 bits per heavy atom. The SMILES string of the molecule is CC(=O)N[C@@H]1[C@@H](O)[C@H](O)[C@](F)(CO)O[C@H]1F. The Kier molecular flexibility index (Phi) is 3.79. The van der Waals surface area contributed by atoms with Gasteiger partial charge in [0, 0.05) is 6.92 Å². The highest BCUT2D eigenvalue weighted by molar-refractivity contribution is 5.73. The van der Waals surface area contributed by atoms with Crippen molar-refractivity contribution >= 4 is 5.91 Å². The van der Waals surface area contributed by atoms with Crippen molar-refractivity contribution in [3.63, 3.8) is 0 Å². The van der Waals surface area contributed by atoms with E-state index in [1.54, 1.807) is 0 Å². The van der Waals surface area contributed by atoms with Gasteiger partial charge in [0.15, 0.2) is 0 Å². The van der Waals surface area contributed by atoms with E-state index in [0.29, 0.717) is 0 Å². The summed E-state index contributed by atoms with van der Waals surface area (Å²) in [5.41, 5.74) is 0. The topological polar surface area (TPSA) is 99.0 Å². The predicted molar refractivity (Wildman–Crippen MR) is 46.5 cm³/mol. The monoisotopic (exact) mass is 241 g/mol. The molecule has 6 nitrogen and oxygen atoms in total. The first kappa shape index (κ1) is 13.2. The fourth-order valence-corrected chi connectivity index (χ4v) is 1.45. The first-order valence-corrected chi connectivity index (χ1v) is 4.56. The number of carbonyl (C=O) groups excluding carboxylic acids is 1. The molecule has 1 amide bonds. The summed E-state index contributed by atoms with van der Waals surface area (Å²) in [4.78, 5) is 10.7. The second kappa shape index (κ2) is 4.58. The smallest absolute Gasteiger partial charge is 0.263 e. The zero-order valence-corrected chi connectivity index (χ0v) is 8.43. The van der Waals surface area contributed by atoms with Gasteiger partial charge in [-0.15, -0.1) is 0 Å². The van der Waals surface area contributed by atoms with E-state index in [9.17, 15) is 23.8 Å². The molecule has 1 heterocycles. The molecule has 94 valence electrons. The number of aliphatic hydroxyl groups excluding tert-OH is 3. The van der Waals surface area contributed by atoms with Gasteiger partial charge in [-0.05, 0) is 0 Å². The minimum Gasteiger partial charge on any atom is -0.390 e. The highest BCUT2D eigenvalue weighted by atomic mass is 19.2. The number of rotatable bonds is 2. The molecule has 4 N–H and O–H groups in total. The molecule has 0 aliphatic carbocycles. The van der Waals surface area contributed by atoms with Crippen LogP contribution in [0.2, 0.25) is 0 Å². The molecular formula is C8H13F2NO5. The van der Waals surface area contributed by atoms with E-state index in [4.69, 9.17) is 5.11 Å². The Hall–Kier alpha value is -0.830. The summed E-state index contributed by atoms with van der Waals surface area (Å²) in [6.07, 6.45) is -6.43. The van der Waals surface area contributed by atoms with Gasteiger partial charge >= 0.3 is 0 Å². The van der Waals surface area contributed by atoms with Crippen LogP contribution in [0, 0.1) is 0 Å². The third kappa shape index (κ3) is 2.29. The van der Waals surface area contributed by atoms with Gasteiger partial charge in [-0.25, -0.2) is 8.78 Å². The van der Waals surface area contributed by atoms with Crippen LogP contribution in [0.15, 0.2) is 0 Å². The molecular weight excluding hydrogens is 228 g/mol. The van der Waals surface area contributed by atoms with Crippen molar-refractivity contribution < 1.29 is 33.6 Å². The first-order chi connectivity index (χ1) is 7.31. The first-order valence-electron chi connectivity index (χ1n) is 4.56. The van der Waals surface area contributed by atoms with E-state index >= 15 is 0 Å². The molecule has 1 aliphatic heterocycles. The normalized spacial score (nSPS) is 44.1. The van der Waals surface area contributed by atoms with Crippen molar-refractivity contribution in [1.82, 2.24) is 5.32 Å². The molecule has 0 saturated carbocycles. The summed E-state index contributed by atoms with van der Waals surface area (Å²) < 4.78 is 30.8. The Bertz CT molecular complexity index is 279. The molecule has 0 radical (unpaired) electrons. The quantitative estimate of drug-likeness (QED) is 0.457. The molecule has 0 aromatic carbocycles. The van der Waals surface area contributed by atoms with Gasteiger partial charge in [-0.3, -0.25) is 4.79 Å². The molecule has 0 bridgehead atoms. The number of hydrogen-bond donors (Lipinski definition) is 4. The number of amides is 1. The number of ether oxygens (including phenoxy) is 1. The van der Waals surface area contributed by atoms with Crippen molar-refractivity contribution in [3.8, 4) is 0 Å². The number of nitrogens with one attached hydrogen (secondary N) is 1. The number of halogens is 2. The highest BCUT2D eigenvalue weighted by Gasteiger charge is 2.55. The fourth-order valence-electron chi connectivity index (χ4n) is 1.45. The summed E-state index contributed by atoms with van der Waals surface area (Å²) in [6.45, 7) is -0.242. The third-order valence-corrected chi connectivity index (χ3v) is 2.31. The van der Waals surface area contributed by atoms with Crippen LogP contribution in [-0.2, 0) is 9.53 Å². The molecule has 1 aliphatic rings. The fraction of sp³-hybridized carbons (Fsp3) is 0.875. The van der Waals surface area contributed by atoms with E-state index in [1.165, 1.54) is 0 Å². The van der Waals surface area contributed by atoms with E-state index in [2.05, 4.69) is 4.74 Å². The summed E-state index contributed by atoms with van der Waals surface area (Å²) >= 11 is 0. The summed E-state index contributed by atoms with van der Waals surface area (Å²) in [6, 6.07) is -1.58. The van der Waals surface area contributed by atoms with E-state index in [0.717, 1.165) is 6.92 Å². The van der Waals surface area contributed by atoms with Crippen molar-refractivity contribution in [2.45, 2.75) is 37.4 Å². The Morgan fingerprint density at radius 2 is 2.12 bits per heavy atom. The number of hydrogen-bond acceptors (Lipinski definition) is 5. The van der Waals surface area contributed by atoms with Gasteiger partial charge in [0.05, 0.1) is 0 Å². The second-order valence-corrected chi connectivity index (χ2v) is 3.58. The van der Waals surface area contributed by atoms with Gasteiger partial charge in [0.25, 0.3) is 5.85 Å². The van der Waals surface area contributed by atoms with Crippen molar-refractivity contribution in [1.29, 1.82) is 0 Å². The molecule has 0 unspecified atom stereocenters. The van der Waals surface area contributed by atoms with Gasteiger partial charge in [-0.1, -0.05) is 0 Å². The molecule has 1 fully saturated rings. The third-order valence-electron chi connectivity index (χ3n) is 2.31. The molecule has 0 aromatic heterocycles. The molecule has 1 saturated heterocycles. The van der Waals surface area contributed by atoms with Gasteiger partial charge in [-0.2, -0.15) is 0 Å². The second-order valence-electron chi connectivity index (χ2n) is 3.58. The van der Waals surface area contributed by atoms with Crippen LogP contribution in [0.4, 0.5) is 8.78 Å². The maximum atomic E-state index is 13.5. The summed E-state index contributed by atoms with van der Waals surface area (Å²) in [7, 11) is 0. The lowest BCUT2D eigenvalue weighted by Crippen LogP contribution is -2.67. The zero-order chi connectivity index (χ0) is 12.5. The van der Waals surface area contributed by atoms with Crippen LogP contribution in [0.3, 0.4) is 0 Å². The van der Waals surface area contributed by atoms with Crippen LogP contribution in [0.1, 0.15) is 6.92 Å². The minimum absolute atomic E-state index is 0.669. The largest absolute Gasteiger partial charge is 0.390 e. The van der Waals surface area contributed by atoms with Crippen molar-refractivity contribution in [2.75, 3.05) is 6.61 Å². The predicted octanol–water partition coefficient (Wildman–Crippen LogP) is -1.80. The molecule has 8 heteroatoms. The maximum absolute atomic E-state index is 13.5. The molecule has 0 aromatic rings. The van der Waals surface area contributed by atoms with E-state index in [-0.39, 0.29) is 0 Å². The highest BCUT2D eigenvalue weighted by Crippen LogP contribution is 2.31. The Morgan fingerprint density at radius 3 is 2.56 bits per heavy atom. The van der Waals surface area contributed by atoms with Crippen LogP contribution in [-0.4, -0.2) is 58.3 Å². The van der Waals surface area contributed by atoms with Crippen molar-refractivity contribution in [3.05, 3.63) is 0 Å². The van der Waals surface area contributed by atoms with Crippen LogP contribution in [0.5, 0.6) is 0 Å². The van der Waals surface area contributed by atoms with Crippen molar-refractivity contribution in [2.24, 2.45) is 0 Å². The van der Waals surface area contributed by atoms with Gasteiger partial charge < -0.3 is 25.4 Å². The number of carbonyl (C=O) groups is 1. The Labute approximate surface area is 89.8 Å². The average molecular weight is 241 g/mol. The molecule has 0 spiro atoms. The Balaban J connectivity index is 2.83. The minimum atomic E-state index is -3.08. The molecule has 16 heavy (non-hydrogen) atoms. The van der Waals surface area contributed by atoms with Gasteiger partial charge in [0.1, 0.15) is 24.9 Å². The van der Waals surface area contributed by atoms with Crippen LogP contribution >= 0.6 is 0 Å². The maximum Gasteiger partial charge on any atom is 0.263 e. The lowest BCUT2D eigenvalue weighted by atomic mass is 9.96. The molecule has 5 atom stereocenters. The lowest BCUT2D eigenvalue weighted by molar-refractivity contribution is -0.329. The van der Waals surface area contributed by atoms with Crippen LogP contribution < -0.4 is 5.32 Å². The summed E-state index contributed by atoms with van der Waals surface area (Å²) in [5.74, 6) is -3.74. The lowest BCUT2D eigenvalue weighted by Gasteiger charge is -2.42. The average Bonchev–Trinajstić information content (AvgIpc) is 2.21. The molecule has 1 rings (SSSR count). The van der Waals surface area contributed by atoms with Gasteiger partial charge in [0.2, 0.25) is 12.3 Å². The van der Waals surface area contributed by atoms with E-state index < -0.39 is 43.0 Å². The number of alkyl halides is 2.